The van der Waals surface area contributed by atoms with Crippen molar-refractivity contribution in [3.8, 4) is 33.4 Å². The number of fused-ring (bicyclic) bond motifs is 3. The molecule has 0 aliphatic rings. The van der Waals surface area contributed by atoms with E-state index in [2.05, 4.69) is 381 Å². The van der Waals surface area contributed by atoms with Crippen LogP contribution in [0, 0.1) is 20.8 Å². The summed E-state index contributed by atoms with van der Waals surface area (Å²) in [7, 11) is 0. The predicted octanol–water partition coefficient (Wildman–Crippen LogP) is 25.3. The molecule has 14 aromatic carbocycles. The summed E-state index contributed by atoms with van der Waals surface area (Å²) < 4.78 is 0. The van der Waals surface area contributed by atoms with E-state index in [1.54, 1.807) is 0 Å². The fourth-order valence-electron chi connectivity index (χ4n) is 13.1. The van der Waals surface area contributed by atoms with Crippen LogP contribution in [0.4, 0.5) is 62.6 Å². The first-order valence-electron chi connectivity index (χ1n) is 31.6. The van der Waals surface area contributed by atoms with Crippen molar-refractivity contribution in [3.05, 3.63) is 369 Å². The standard InChI is InChI=1S/C88H70N4/c1-6-8-21-71(7-2)90(86-59-32-62(3)80-26-15-18-29-83(80)86)77-53-41-68(42-54-77)65-35-47-74(48-36-65)89(75-49-37-66(38-50-75)69-43-55-78(56-44-69)91(72-22-11-9-12-23-72)87-60-33-63(4)81-27-16-19-30-84(81)87)76-51-39-67(40-52-76)70-45-57-79(58-46-70)92(73-24-13-10-14-25-73)88-61-34-64(5)82-28-17-20-31-85(82)88/h6-61H,1H2,2-5H3/b21-8-,71-7+. The van der Waals surface area contributed by atoms with Gasteiger partial charge in [0.25, 0.3) is 0 Å². The molecule has 14 rings (SSSR count). The molecule has 0 bridgehead atoms. The molecule has 0 aliphatic heterocycles. The Hall–Kier alpha value is -11.7. The van der Waals surface area contributed by atoms with Gasteiger partial charge in [0.1, 0.15) is 0 Å². The summed E-state index contributed by atoms with van der Waals surface area (Å²) in [6.45, 7) is 12.6. The molecular formula is C88H70N4. The van der Waals surface area contributed by atoms with Crippen molar-refractivity contribution in [2.45, 2.75) is 27.7 Å². The van der Waals surface area contributed by atoms with Crippen LogP contribution in [0.5, 0.6) is 0 Å². The van der Waals surface area contributed by atoms with Gasteiger partial charge in [-0.1, -0.05) is 225 Å². The van der Waals surface area contributed by atoms with Gasteiger partial charge >= 0.3 is 0 Å². The first-order chi connectivity index (χ1) is 45.3. The molecule has 0 aromatic heterocycles. The smallest absolute Gasteiger partial charge is 0.0540 e. The number of para-hydroxylation sites is 2. The van der Waals surface area contributed by atoms with Gasteiger partial charge in [0.15, 0.2) is 0 Å². The Morgan fingerprint density at radius 2 is 0.522 bits per heavy atom. The molecule has 0 spiro atoms. The van der Waals surface area contributed by atoms with E-state index in [0.29, 0.717) is 0 Å². The van der Waals surface area contributed by atoms with Gasteiger partial charge in [-0.15, -0.1) is 0 Å². The fourth-order valence-corrected chi connectivity index (χ4v) is 13.1. The zero-order chi connectivity index (χ0) is 62.5. The normalized spacial score (nSPS) is 11.5. The minimum Gasteiger partial charge on any atom is -0.311 e. The van der Waals surface area contributed by atoms with Gasteiger partial charge in [-0.25, -0.2) is 0 Å². The van der Waals surface area contributed by atoms with E-state index in [9.17, 15) is 0 Å². The van der Waals surface area contributed by atoms with Crippen molar-refractivity contribution >= 4 is 94.9 Å². The Morgan fingerprint density at radius 3 is 0.837 bits per heavy atom. The molecule has 0 radical (unpaired) electrons. The molecule has 0 saturated heterocycles. The van der Waals surface area contributed by atoms with Crippen molar-refractivity contribution < 1.29 is 0 Å². The molecule has 0 amide bonds. The first kappa shape index (κ1) is 58.0. The van der Waals surface area contributed by atoms with Crippen LogP contribution in [0.2, 0.25) is 0 Å². The van der Waals surface area contributed by atoms with Crippen LogP contribution >= 0.6 is 0 Å². The largest absolute Gasteiger partial charge is 0.311 e. The highest BCUT2D eigenvalue weighted by Gasteiger charge is 2.21. The summed E-state index contributed by atoms with van der Waals surface area (Å²) in [6.07, 6.45) is 8.11. The molecule has 4 nitrogen and oxygen atoms in total. The summed E-state index contributed by atoms with van der Waals surface area (Å²) >= 11 is 0. The molecule has 0 N–H and O–H groups in total. The van der Waals surface area contributed by atoms with Crippen LogP contribution in [-0.4, -0.2) is 0 Å². The van der Waals surface area contributed by atoms with Crippen LogP contribution in [0.1, 0.15) is 23.6 Å². The summed E-state index contributed by atoms with van der Waals surface area (Å²) in [5.41, 5.74) is 23.7. The molecule has 0 atom stereocenters. The predicted molar refractivity (Wildman–Crippen MR) is 395 cm³/mol. The summed E-state index contributed by atoms with van der Waals surface area (Å²) in [6, 6.07) is 115. The van der Waals surface area contributed by atoms with Gasteiger partial charge in [0.2, 0.25) is 0 Å². The number of hydrogen-bond donors (Lipinski definition) is 0. The maximum atomic E-state index is 3.98. The van der Waals surface area contributed by atoms with Gasteiger partial charge < -0.3 is 19.6 Å². The minimum absolute atomic E-state index is 1.05. The summed E-state index contributed by atoms with van der Waals surface area (Å²) in [5, 5.41) is 7.39. The highest BCUT2D eigenvalue weighted by atomic mass is 15.2. The van der Waals surface area contributed by atoms with Gasteiger partial charge in [0, 0.05) is 67.4 Å². The molecule has 14 aromatic rings. The number of allylic oxidation sites excluding steroid dienone is 4. The van der Waals surface area contributed by atoms with E-state index in [4.69, 9.17) is 0 Å². The first-order valence-corrected chi connectivity index (χ1v) is 31.6. The second-order valence-corrected chi connectivity index (χ2v) is 23.4. The van der Waals surface area contributed by atoms with E-state index >= 15 is 0 Å². The van der Waals surface area contributed by atoms with Gasteiger partial charge in [-0.3, -0.25) is 0 Å². The quantitative estimate of drug-likeness (QED) is 0.0843. The van der Waals surface area contributed by atoms with Crippen LogP contribution in [0.15, 0.2) is 352 Å². The molecule has 0 saturated carbocycles. The lowest BCUT2D eigenvalue weighted by Gasteiger charge is -2.28. The van der Waals surface area contributed by atoms with E-state index in [1.165, 1.54) is 49.0 Å². The fraction of sp³-hybridized carbons (Fsp3) is 0.0455. The van der Waals surface area contributed by atoms with Crippen LogP contribution in [0.25, 0.3) is 65.7 Å². The second kappa shape index (κ2) is 25.8. The van der Waals surface area contributed by atoms with Crippen LogP contribution in [0.3, 0.4) is 0 Å². The van der Waals surface area contributed by atoms with E-state index in [-0.39, 0.29) is 0 Å². The third-order valence-electron chi connectivity index (χ3n) is 17.8. The van der Waals surface area contributed by atoms with Crippen molar-refractivity contribution in [1.82, 2.24) is 0 Å². The maximum absolute atomic E-state index is 3.98. The summed E-state index contributed by atoms with van der Waals surface area (Å²) in [5.74, 6) is 0. The minimum atomic E-state index is 1.05. The lowest BCUT2D eigenvalue weighted by molar-refractivity contribution is 1.21. The monoisotopic (exact) mass is 1180 g/mol. The van der Waals surface area contributed by atoms with Crippen LogP contribution in [-0.2, 0) is 0 Å². The van der Waals surface area contributed by atoms with Gasteiger partial charge in [0.05, 0.1) is 17.1 Å². The maximum Gasteiger partial charge on any atom is 0.0540 e. The highest BCUT2D eigenvalue weighted by molar-refractivity contribution is 6.03. The molecule has 442 valence electrons. The lowest BCUT2D eigenvalue weighted by Crippen LogP contribution is -2.15. The number of rotatable bonds is 17. The van der Waals surface area contributed by atoms with Crippen molar-refractivity contribution in [2.24, 2.45) is 0 Å². The van der Waals surface area contributed by atoms with Crippen molar-refractivity contribution in [1.29, 1.82) is 0 Å². The zero-order valence-corrected chi connectivity index (χ0v) is 52.3. The average Bonchev–Trinajstić information content (AvgIpc) is 0.940. The van der Waals surface area contributed by atoms with Gasteiger partial charge in [-0.2, -0.15) is 0 Å². The average molecular weight is 1180 g/mol. The third-order valence-corrected chi connectivity index (χ3v) is 17.8. The molecule has 0 unspecified atom stereocenters. The number of anilines is 11. The number of aryl methyl sites for hydroxylation is 3. The van der Waals surface area contributed by atoms with Crippen molar-refractivity contribution in [2.75, 3.05) is 19.6 Å². The SMILES string of the molecule is C=C/C=C\C(=C/C)N(c1ccc(-c2ccc(N(c3ccc(-c4ccc(N(c5ccccc5)c5ccc(C)c6ccccc56)cc4)cc3)c3ccc(-c4ccc(N(c5ccccc5)c5ccc(C)c6ccccc56)cc4)cc3)cc2)cc1)c1ccc(C)c2ccccc12. The number of hydrogen-bond acceptors (Lipinski definition) is 4. The number of benzene rings is 14. The Morgan fingerprint density at radius 1 is 0.261 bits per heavy atom. The Bertz CT molecular complexity index is 4780. The molecule has 0 aliphatic carbocycles. The van der Waals surface area contributed by atoms with E-state index in [1.807, 2.05) is 12.2 Å². The van der Waals surface area contributed by atoms with Crippen molar-refractivity contribution in [3.63, 3.8) is 0 Å². The molecule has 0 heterocycles. The molecule has 92 heavy (non-hydrogen) atoms. The Kier molecular flexibility index (Phi) is 16.2. The Balaban J connectivity index is 0.794. The van der Waals surface area contributed by atoms with E-state index < -0.39 is 0 Å². The topological polar surface area (TPSA) is 13.0 Å². The molecular weight excluding hydrogens is 1110 g/mol. The third kappa shape index (κ3) is 11.4. The Labute approximate surface area is 541 Å². The molecule has 4 heteroatoms. The zero-order valence-electron chi connectivity index (χ0n) is 52.3. The van der Waals surface area contributed by atoms with E-state index in [0.717, 1.165) is 102 Å². The number of nitrogens with zero attached hydrogens (tertiary/aromatic N) is 4. The van der Waals surface area contributed by atoms with Crippen LogP contribution < -0.4 is 19.6 Å². The lowest BCUT2D eigenvalue weighted by atomic mass is 10.0. The highest BCUT2D eigenvalue weighted by Crippen LogP contribution is 2.45. The second-order valence-electron chi connectivity index (χ2n) is 23.4. The van der Waals surface area contributed by atoms with Gasteiger partial charge in [-0.05, 0) is 215 Å². The summed E-state index contributed by atoms with van der Waals surface area (Å²) in [4.78, 5) is 9.44. The molecule has 0 fully saturated rings.